The fourth-order valence-corrected chi connectivity index (χ4v) is 2.73. The first-order valence-corrected chi connectivity index (χ1v) is 8.14. The number of hydrogen-bond donors (Lipinski definition) is 2. The number of nitrogens with two attached hydrogens (primary N) is 1. The van der Waals surface area contributed by atoms with E-state index in [4.69, 9.17) is 5.73 Å². The van der Waals surface area contributed by atoms with E-state index in [0.29, 0.717) is 0 Å². The molecule has 3 N–H and O–H groups in total. The number of nitrogen functional groups attached to an aromatic ring is 1. The Hall–Kier alpha value is -3.41. The van der Waals surface area contributed by atoms with Gasteiger partial charge in [-0.2, -0.15) is 0 Å². The standard InChI is InChI=1S/C19H18N6/c20-15-5-3-4-14(12-15)17-13-23-19-8-7-18(24-25(17)19)22-11-9-16-6-1-2-10-21-16/h1-8,10,12-13H,9,11,20H2,(H,22,24). The molecule has 0 fully saturated rings. The van der Waals surface area contributed by atoms with Crippen LogP contribution in [0, 0.1) is 0 Å². The molecule has 25 heavy (non-hydrogen) atoms. The van der Waals surface area contributed by atoms with E-state index in [1.54, 1.807) is 0 Å². The fourth-order valence-electron chi connectivity index (χ4n) is 2.73. The molecule has 0 saturated carbocycles. The first-order valence-electron chi connectivity index (χ1n) is 8.14. The van der Waals surface area contributed by atoms with Crippen molar-refractivity contribution in [1.29, 1.82) is 0 Å². The lowest BCUT2D eigenvalue weighted by Crippen LogP contribution is -2.09. The van der Waals surface area contributed by atoms with Gasteiger partial charge in [0.05, 0.1) is 11.9 Å². The van der Waals surface area contributed by atoms with Gasteiger partial charge in [-0.15, -0.1) is 5.10 Å². The van der Waals surface area contributed by atoms with Gasteiger partial charge >= 0.3 is 0 Å². The molecule has 0 aliphatic heterocycles. The summed E-state index contributed by atoms with van der Waals surface area (Å²) >= 11 is 0. The maximum absolute atomic E-state index is 5.89. The van der Waals surface area contributed by atoms with Gasteiger partial charge in [-0.05, 0) is 36.4 Å². The number of nitrogens with zero attached hydrogens (tertiary/aromatic N) is 4. The van der Waals surface area contributed by atoms with Crippen LogP contribution in [0.3, 0.4) is 0 Å². The normalized spacial score (nSPS) is 10.9. The highest BCUT2D eigenvalue weighted by molar-refractivity contribution is 5.67. The molecule has 0 radical (unpaired) electrons. The first kappa shape index (κ1) is 15.1. The molecule has 3 aromatic heterocycles. The molecule has 0 aliphatic rings. The third-order valence-corrected chi connectivity index (χ3v) is 3.96. The van der Waals surface area contributed by atoms with Crippen molar-refractivity contribution in [2.24, 2.45) is 0 Å². The maximum atomic E-state index is 5.89. The average Bonchev–Trinajstić information content (AvgIpc) is 3.06. The van der Waals surface area contributed by atoms with Gasteiger partial charge < -0.3 is 11.1 Å². The van der Waals surface area contributed by atoms with E-state index in [9.17, 15) is 0 Å². The highest BCUT2D eigenvalue weighted by Crippen LogP contribution is 2.22. The number of nitrogens with one attached hydrogen (secondary N) is 1. The minimum Gasteiger partial charge on any atom is -0.399 e. The Morgan fingerprint density at radius 2 is 1.96 bits per heavy atom. The van der Waals surface area contributed by atoms with E-state index in [1.807, 2.05) is 71.5 Å². The fraction of sp³-hybridized carbons (Fsp3) is 0.105. The number of benzene rings is 1. The highest BCUT2D eigenvalue weighted by Gasteiger charge is 2.08. The maximum Gasteiger partial charge on any atom is 0.154 e. The molecule has 1 aromatic carbocycles. The van der Waals surface area contributed by atoms with Crippen LogP contribution in [0.15, 0.2) is 67.0 Å². The van der Waals surface area contributed by atoms with Crippen LogP contribution in [0.2, 0.25) is 0 Å². The van der Waals surface area contributed by atoms with Gasteiger partial charge in [0.25, 0.3) is 0 Å². The summed E-state index contributed by atoms with van der Waals surface area (Å²) in [5.74, 6) is 0.798. The Bertz CT molecular complexity index is 993. The largest absolute Gasteiger partial charge is 0.399 e. The minimum atomic E-state index is 0.720. The number of hydrogen-bond acceptors (Lipinski definition) is 5. The van der Waals surface area contributed by atoms with Crippen LogP contribution in [0.5, 0.6) is 0 Å². The molecular weight excluding hydrogens is 312 g/mol. The van der Waals surface area contributed by atoms with Crippen molar-refractivity contribution in [3.63, 3.8) is 0 Å². The molecule has 0 bridgehead atoms. The Morgan fingerprint density at radius 3 is 2.80 bits per heavy atom. The van der Waals surface area contributed by atoms with Crippen LogP contribution in [0.4, 0.5) is 11.5 Å². The van der Waals surface area contributed by atoms with Crippen LogP contribution >= 0.6 is 0 Å². The molecule has 124 valence electrons. The molecule has 4 aromatic rings. The second-order valence-electron chi connectivity index (χ2n) is 5.76. The predicted octanol–water partition coefficient (Wildman–Crippen LogP) is 3.03. The zero-order valence-corrected chi connectivity index (χ0v) is 13.6. The summed E-state index contributed by atoms with van der Waals surface area (Å²) in [7, 11) is 0. The summed E-state index contributed by atoms with van der Waals surface area (Å²) in [6.07, 6.45) is 4.46. The van der Waals surface area contributed by atoms with Crippen LogP contribution in [0.25, 0.3) is 16.9 Å². The van der Waals surface area contributed by atoms with Gasteiger partial charge in [0.2, 0.25) is 0 Å². The smallest absolute Gasteiger partial charge is 0.154 e. The van der Waals surface area contributed by atoms with Crippen LogP contribution in [-0.4, -0.2) is 26.1 Å². The Kier molecular flexibility index (Phi) is 4.00. The van der Waals surface area contributed by atoms with Crippen molar-refractivity contribution < 1.29 is 0 Å². The van der Waals surface area contributed by atoms with E-state index in [1.165, 1.54) is 0 Å². The van der Waals surface area contributed by atoms with Gasteiger partial charge in [-0.1, -0.05) is 18.2 Å². The number of pyridine rings is 1. The molecule has 0 atom stereocenters. The zero-order chi connectivity index (χ0) is 17.1. The Morgan fingerprint density at radius 1 is 1.00 bits per heavy atom. The van der Waals surface area contributed by atoms with Crippen molar-refractivity contribution in [2.45, 2.75) is 6.42 Å². The van der Waals surface area contributed by atoms with Crippen molar-refractivity contribution in [3.05, 3.63) is 72.7 Å². The van der Waals surface area contributed by atoms with Gasteiger partial charge in [-0.25, -0.2) is 9.50 Å². The monoisotopic (exact) mass is 330 g/mol. The first-order chi connectivity index (χ1) is 12.3. The molecule has 6 nitrogen and oxygen atoms in total. The van der Waals surface area contributed by atoms with Crippen molar-refractivity contribution in [2.75, 3.05) is 17.6 Å². The number of imidazole rings is 1. The second-order valence-corrected chi connectivity index (χ2v) is 5.76. The third kappa shape index (κ3) is 3.28. The van der Waals surface area contributed by atoms with Crippen LogP contribution in [-0.2, 0) is 6.42 Å². The van der Waals surface area contributed by atoms with E-state index in [-0.39, 0.29) is 0 Å². The highest BCUT2D eigenvalue weighted by atomic mass is 15.3. The average molecular weight is 330 g/mol. The van der Waals surface area contributed by atoms with Gasteiger partial charge in [0.15, 0.2) is 5.65 Å². The quantitative estimate of drug-likeness (QED) is 0.550. The summed E-state index contributed by atoms with van der Waals surface area (Å²) < 4.78 is 1.83. The summed E-state index contributed by atoms with van der Waals surface area (Å²) in [5.41, 5.74) is 10.4. The molecule has 6 heteroatoms. The van der Waals surface area contributed by atoms with Gasteiger partial charge in [0, 0.05) is 36.1 Å². The Labute approximate surface area is 145 Å². The van der Waals surface area contributed by atoms with E-state index in [2.05, 4.69) is 20.4 Å². The van der Waals surface area contributed by atoms with Crippen molar-refractivity contribution in [3.8, 4) is 11.3 Å². The summed E-state index contributed by atoms with van der Waals surface area (Å²) in [6.45, 7) is 0.762. The van der Waals surface area contributed by atoms with Crippen LogP contribution < -0.4 is 11.1 Å². The lowest BCUT2D eigenvalue weighted by molar-refractivity contribution is 0.907. The lowest BCUT2D eigenvalue weighted by Gasteiger charge is -2.07. The molecule has 0 amide bonds. The minimum absolute atomic E-state index is 0.720. The van der Waals surface area contributed by atoms with Gasteiger partial charge in [0.1, 0.15) is 5.82 Å². The molecule has 0 aliphatic carbocycles. The SMILES string of the molecule is Nc1cccc(-c2cnc3ccc(NCCc4ccccn4)nn23)c1. The molecule has 4 rings (SSSR count). The molecule has 3 heterocycles. The zero-order valence-electron chi connectivity index (χ0n) is 13.6. The Balaban J connectivity index is 1.56. The molecule has 0 unspecified atom stereocenters. The van der Waals surface area contributed by atoms with E-state index in [0.717, 1.165) is 47.1 Å². The number of rotatable bonds is 5. The number of anilines is 2. The summed E-state index contributed by atoms with van der Waals surface area (Å²) in [6, 6.07) is 17.5. The number of aromatic nitrogens is 4. The summed E-state index contributed by atoms with van der Waals surface area (Å²) in [5, 5.41) is 7.99. The lowest BCUT2D eigenvalue weighted by atomic mass is 10.1. The molecule has 0 spiro atoms. The third-order valence-electron chi connectivity index (χ3n) is 3.96. The van der Waals surface area contributed by atoms with Crippen molar-refractivity contribution in [1.82, 2.24) is 19.6 Å². The van der Waals surface area contributed by atoms with Crippen LogP contribution in [0.1, 0.15) is 5.69 Å². The predicted molar refractivity (Wildman–Crippen MR) is 99.3 cm³/mol. The summed E-state index contributed by atoms with van der Waals surface area (Å²) in [4.78, 5) is 8.74. The molecular formula is C19H18N6. The number of fused-ring (bicyclic) bond motifs is 1. The van der Waals surface area contributed by atoms with E-state index < -0.39 is 0 Å². The van der Waals surface area contributed by atoms with Gasteiger partial charge in [-0.3, -0.25) is 4.98 Å². The molecule has 0 saturated heterocycles. The van der Waals surface area contributed by atoms with Crippen molar-refractivity contribution >= 4 is 17.2 Å². The second kappa shape index (κ2) is 6.60. The van der Waals surface area contributed by atoms with E-state index >= 15 is 0 Å². The topological polar surface area (TPSA) is 81.1 Å².